The number of piperazine rings is 1. The number of alkyl halides is 6. The molecule has 432 valence electrons. The second-order valence-corrected chi connectivity index (χ2v) is 21.6. The maximum atomic E-state index is 16.1. The lowest BCUT2D eigenvalue weighted by Crippen LogP contribution is -2.63. The number of aliphatic hydroxyl groups is 1. The zero-order valence-corrected chi connectivity index (χ0v) is 44.2. The smallest absolute Gasteiger partial charge is 0.407 e. The summed E-state index contributed by atoms with van der Waals surface area (Å²) in [5, 5.41) is 32.3. The molecule has 3 saturated heterocycles. The number of carbonyl (C=O) groups excluding carboxylic acids is 3. The van der Waals surface area contributed by atoms with E-state index in [2.05, 4.69) is 46.8 Å². The van der Waals surface area contributed by atoms with Crippen LogP contribution in [0.4, 0.5) is 50.7 Å². The molecule has 2 aromatic heterocycles. The first kappa shape index (κ1) is 59.0. The Balaban J connectivity index is 1.07. The first-order valence-corrected chi connectivity index (χ1v) is 25.7. The molecule has 1 aliphatic carbocycles. The largest absolute Gasteiger partial charge is 0.465 e. The van der Waals surface area contributed by atoms with Crippen molar-refractivity contribution in [3.63, 3.8) is 0 Å². The van der Waals surface area contributed by atoms with E-state index in [9.17, 15) is 55.7 Å². The minimum Gasteiger partial charge on any atom is -0.465 e. The van der Waals surface area contributed by atoms with E-state index >= 15 is 8.78 Å². The number of amides is 4. The van der Waals surface area contributed by atoms with Crippen LogP contribution in [0, 0.1) is 34.3 Å². The molecule has 8 rings (SSSR count). The minimum atomic E-state index is -5.24. The van der Waals surface area contributed by atoms with Gasteiger partial charge in [-0.3, -0.25) is 24.6 Å². The highest BCUT2D eigenvalue weighted by atomic mass is 19.4. The number of rotatable bonds is 19. The van der Waals surface area contributed by atoms with Gasteiger partial charge >= 0.3 is 24.5 Å². The number of hydrogen-bond acceptors (Lipinski definition) is 13. The number of alkyl carbamates (subject to hydrolysis) is 1. The Labute approximate surface area is 454 Å². The van der Waals surface area contributed by atoms with E-state index in [0.717, 1.165) is 71.2 Å². The topological polar surface area (TPSA) is 229 Å². The van der Waals surface area contributed by atoms with Crippen molar-refractivity contribution in [2.24, 2.45) is 10.8 Å². The van der Waals surface area contributed by atoms with Gasteiger partial charge in [-0.2, -0.15) is 31.4 Å². The van der Waals surface area contributed by atoms with Gasteiger partial charge in [0.15, 0.2) is 0 Å². The zero-order chi connectivity index (χ0) is 58.1. The molecule has 6 N–H and O–H groups in total. The molecular weight excluding hydrogens is 1070 g/mol. The molecule has 80 heavy (non-hydrogen) atoms. The van der Waals surface area contributed by atoms with Crippen molar-refractivity contribution in [3.8, 4) is 23.1 Å². The summed E-state index contributed by atoms with van der Waals surface area (Å²) in [6, 6.07) is 3.98. The van der Waals surface area contributed by atoms with E-state index in [4.69, 9.17) is 4.74 Å². The number of ether oxygens (including phenoxy) is 2. The number of benzene rings is 2. The predicted molar refractivity (Wildman–Crippen MR) is 270 cm³/mol. The molecule has 0 radical (unpaired) electrons. The lowest BCUT2D eigenvalue weighted by atomic mass is 9.82. The summed E-state index contributed by atoms with van der Waals surface area (Å²) < 4.78 is 131. The molecular formula is C53H61F8N11O8. The monoisotopic (exact) mass is 1130 g/mol. The number of carbonyl (C=O) groups is 4. The van der Waals surface area contributed by atoms with E-state index in [1.165, 1.54) is 23.5 Å². The van der Waals surface area contributed by atoms with Crippen LogP contribution < -0.4 is 26.3 Å². The van der Waals surface area contributed by atoms with Crippen molar-refractivity contribution in [3.05, 3.63) is 94.9 Å². The molecule has 4 fully saturated rings. The van der Waals surface area contributed by atoms with Gasteiger partial charge in [0.25, 0.3) is 5.91 Å². The maximum Gasteiger partial charge on any atom is 0.407 e. The lowest BCUT2D eigenvalue weighted by molar-refractivity contribution is -0.221. The molecule has 4 amide bonds. The van der Waals surface area contributed by atoms with Gasteiger partial charge in [-0.1, -0.05) is 24.0 Å². The molecule has 1 saturated carbocycles. The minimum absolute atomic E-state index is 0.0113. The summed E-state index contributed by atoms with van der Waals surface area (Å²) in [5.74, 6) is 0.855. The number of hydrogen-bond donors (Lipinski definition) is 6. The summed E-state index contributed by atoms with van der Waals surface area (Å²) >= 11 is 0. The summed E-state index contributed by atoms with van der Waals surface area (Å²) in [6.45, 7) is 3.20. The summed E-state index contributed by atoms with van der Waals surface area (Å²) in [5.41, 5.74) is -3.50. The second-order valence-electron chi connectivity index (χ2n) is 21.6. The lowest BCUT2D eigenvalue weighted by Gasteiger charge is -2.47. The van der Waals surface area contributed by atoms with E-state index < -0.39 is 108 Å². The number of aliphatic hydroxyl groups excluding tert-OH is 1. The Morgan fingerprint density at radius 2 is 1.35 bits per heavy atom. The first-order valence-electron chi connectivity index (χ1n) is 25.7. The molecule has 4 aliphatic rings. The Morgan fingerprint density at radius 1 is 0.787 bits per heavy atom. The van der Waals surface area contributed by atoms with Crippen LogP contribution in [0.1, 0.15) is 81.7 Å². The van der Waals surface area contributed by atoms with Gasteiger partial charge in [-0.15, -0.1) is 0 Å². The molecule has 2 bridgehead atoms. The van der Waals surface area contributed by atoms with Gasteiger partial charge in [-0.25, -0.2) is 33.3 Å². The highest BCUT2D eigenvalue weighted by Gasteiger charge is 2.57. The normalized spacial score (nSPS) is 19.5. The number of nitrogens with one attached hydrogen (secondary N) is 4. The molecule has 3 aliphatic heterocycles. The van der Waals surface area contributed by atoms with Crippen LogP contribution >= 0.6 is 0 Å². The Kier molecular flexibility index (Phi) is 17.3. The fraction of sp³-hybridized carbons (Fsp3) is 0.528. The van der Waals surface area contributed by atoms with E-state index in [1.54, 1.807) is 35.4 Å². The van der Waals surface area contributed by atoms with Crippen LogP contribution in [0.25, 0.3) is 11.3 Å². The maximum absolute atomic E-state index is 16.1. The molecule has 0 spiro atoms. The van der Waals surface area contributed by atoms with Gasteiger partial charge in [0.05, 0.1) is 66.6 Å². The van der Waals surface area contributed by atoms with E-state index in [0.29, 0.717) is 73.5 Å². The summed E-state index contributed by atoms with van der Waals surface area (Å²) in [4.78, 5) is 66.1. The van der Waals surface area contributed by atoms with Gasteiger partial charge in [0.2, 0.25) is 11.9 Å². The number of anilines is 1. The Hall–Kier alpha value is -7.15. The van der Waals surface area contributed by atoms with Crippen molar-refractivity contribution in [1.29, 1.82) is 0 Å². The predicted octanol–water partition coefficient (Wildman–Crippen LogP) is 5.86. The number of methoxy groups -OCH3 is 1. The average Bonchev–Trinajstić information content (AvgIpc) is 4.09. The quantitative estimate of drug-likeness (QED) is 0.0367. The third-order valence-corrected chi connectivity index (χ3v) is 15.2. The summed E-state index contributed by atoms with van der Waals surface area (Å²) in [6.07, 6.45) is -7.73. The fourth-order valence-corrected chi connectivity index (χ4v) is 9.94. The number of aromatic nitrogens is 4. The van der Waals surface area contributed by atoms with Crippen molar-refractivity contribution in [2.75, 3.05) is 44.9 Å². The Bertz CT molecular complexity index is 2920. The standard InChI is InChI=1S/C53H61F8N11O8/c1-50(2,52(56,57)58)43(66-49(78)79-5)45(74)64-41(18-30-9-6-29(7-10-30)8-11-31-21-62-47(63-22-31)69-23-34-14-15-35(24-69)72(34)36-27-80-28-36)42(73)26-70(68-46(75)44(65-48(76)77)51(3,4)53(59,60)61)25-37-38(54)19-32(20-39(37)55)40-16-17-71(67-40)33-12-13-33/h6-7,9-10,16-17,19-22,33-36,41-44,65,73H,12-15,18,23-28H2,1-5H3,(H,64,74)(H,66,78)(H,68,75)(H,76,77)/t34?,35?,41-,42-,43+,44+/m0/s1. The van der Waals surface area contributed by atoms with Crippen LogP contribution in [-0.2, 0) is 32.0 Å². The number of carboxylic acid groups (broad SMARTS) is 1. The van der Waals surface area contributed by atoms with Gasteiger partial charge in [-0.05, 0) is 95.7 Å². The number of fused-ring (bicyclic) bond motifs is 2. The first-order chi connectivity index (χ1) is 37.6. The molecule has 27 heteroatoms. The van der Waals surface area contributed by atoms with Crippen LogP contribution in [0.2, 0.25) is 0 Å². The molecule has 19 nitrogen and oxygen atoms in total. The van der Waals surface area contributed by atoms with Crippen LogP contribution in [0.5, 0.6) is 0 Å². The van der Waals surface area contributed by atoms with Crippen molar-refractivity contribution in [1.82, 2.24) is 51.0 Å². The van der Waals surface area contributed by atoms with Crippen molar-refractivity contribution in [2.45, 2.75) is 127 Å². The van der Waals surface area contributed by atoms with E-state index in [1.807, 2.05) is 10.7 Å². The number of hydrazine groups is 1. The van der Waals surface area contributed by atoms with Gasteiger partial charge in [0.1, 0.15) is 23.7 Å². The number of nitrogens with zero attached hydrogens (tertiary/aromatic N) is 7. The molecule has 4 aromatic rings. The molecule has 2 unspecified atom stereocenters. The van der Waals surface area contributed by atoms with Gasteiger partial charge in [0, 0.05) is 73.5 Å². The second kappa shape index (κ2) is 23.5. The van der Waals surface area contributed by atoms with E-state index in [-0.39, 0.29) is 17.3 Å². The van der Waals surface area contributed by atoms with Crippen LogP contribution in [0.3, 0.4) is 0 Å². The fourth-order valence-electron chi connectivity index (χ4n) is 9.94. The highest BCUT2D eigenvalue weighted by molar-refractivity contribution is 5.87. The molecule has 6 atom stereocenters. The SMILES string of the molecule is COC(=O)N[C@H](C(=O)N[C@@H](Cc1ccc(C#Cc2cnc(N3CC4CCC(C3)N4C3COC3)nc2)cc1)[C@@H](O)CN(Cc1c(F)cc(-c2ccn(C3CC3)n2)cc1F)NC(=O)[C@@H](NC(=O)O)C(C)(C)C(F)(F)F)C(C)(C)C(F)(F)F. The average molecular weight is 1130 g/mol. The highest BCUT2D eigenvalue weighted by Crippen LogP contribution is 2.42. The molecule has 2 aromatic carbocycles. The van der Waals surface area contributed by atoms with Crippen molar-refractivity contribution < 1.29 is 74.0 Å². The number of halogens is 8. The summed E-state index contributed by atoms with van der Waals surface area (Å²) in [7, 11) is 0.838. The zero-order valence-electron chi connectivity index (χ0n) is 44.2. The van der Waals surface area contributed by atoms with Crippen molar-refractivity contribution >= 4 is 29.9 Å². The Morgan fingerprint density at radius 3 is 1.88 bits per heavy atom. The van der Waals surface area contributed by atoms with Gasteiger partial charge < -0.3 is 40.5 Å². The molecule has 5 heterocycles. The third-order valence-electron chi connectivity index (χ3n) is 15.2. The van der Waals surface area contributed by atoms with Crippen LogP contribution in [-0.4, -0.2) is 159 Å². The van der Waals surface area contributed by atoms with Crippen LogP contribution in [0.15, 0.2) is 61.1 Å². The third kappa shape index (κ3) is 13.4.